The summed E-state index contributed by atoms with van der Waals surface area (Å²) in [5.41, 5.74) is 0.521. The van der Waals surface area contributed by atoms with Crippen LogP contribution in [0.1, 0.15) is 47.0 Å². The smallest absolute Gasteiger partial charge is 0.332 e. The van der Waals surface area contributed by atoms with Crippen molar-refractivity contribution in [1.82, 2.24) is 0 Å². The number of carbonyl (C=O) groups is 2. The van der Waals surface area contributed by atoms with Crippen molar-refractivity contribution < 1.29 is 28.5 Å². The van der Waals surface area contributed by atoms with Crippen molar-refractivity contribution in [2.75, 3.05) is 26.1 Å². The third kappa shape index (κ3) is 6.62. The van der Waals surface area contributed by atoms with Crippen molar-refractivity contribution in [1.29, 1.82) is 0 Å². The molecule has 4 atom stereocenters. The summed E-state index contributed by atoms with van der Waals surface area (Å²) in [7, 11) is 3.06. The van der Waals surface area contributed by atoms with Gasteiger partial charge in [0.2, 0.25) is 0 Å². The van der Waals surface area contributed by atoms with Gasteiger partial charge >= 0.3 is 5.97 Å². The van der Waals surface area contributed by atoms with E-state index in [1.807, 2.05) is 0 Å². The van der Waals surface area contributed by atoms with E-state index >= 15 is 0 Å². The summed E-state index contributed by atoms with van der Waals surface area (Å²) in [4.78, 5) is 24.6. The van der Waals surface area contributed by atoms with E-state index in [9.17, 15) is 9.59 Å². The zero-order valence-corrected chi connectivity index (χ0v) is 18.9. The second-order valence-corrected chi connectivity index (χ2v) is 8.37. The lowest BCUT2D eigenvalue weighted by Crippen LogP contribution is -2.37. The van der Waals surface area contributed by atoms with Gasteiger partial charge in [-0.2, -0.15) is 0 Å². The molecule has 1 aromatic carbocycles. The molecule has 0 spiro atoms. The maximum Gasteiger partial charge on any atom is 0.332 e. The number of anilines is 1. The van der Waals surface area contributed by atoms with Crippen LogP contribution in [0.2, 0.25) is 0 Å². The van der Waals surface area contributed by atoms with Gasteiger partial charge < -0.3 is 24.3 Å². The maximum absolute atomic E-state index is 12.4. The maximum atomic E-state index is 12.4. The molecule has 1 saturated carbocycles. The minimum Gasteiger partial charge on any atom is -0.493 e. The van der Waals surface area contributed by atoms with Gasteiger partial charge in [0, 0.05) is 11.8 Å². The van der Waals surface area contributed by atoms with Gasteiger partial charge in [0.25, 0.3) is 5.91 Å². The summed E-state index contributed by atoms with van der Waals surface area (Å²) >= 11 is 0. The van der Waals surface area contributed by atoms with Crippen molar-refractivity contribution in [3.05, 3.63) is 18.2 Å². The Morgan fingerprint density at radius 3 is 2.43 bits per heavy atom. The molecule has 2 rings (SSSR count). The van der Waals surface area contributed by atoms with E-state index < -0.39 is 18.0 Å². The Labute approximate surface area is 179 Å². The lowest BCUT2D eigenvalue weighted by Gasteiger charge is -2.36. The molecular weight excluding hydrogens is 386 g/mol. The van der Waals surface area contributed by atoms with Crippen molar-refractivity contribution >= 4 is 17.6 Å². The number of nitrogens with one attached hydrogen (secondary N) is 1. The first-order valence-corrected chi connectivity index (χ1v) is 10.6. The van der Waals surface area contributed by atoms with Crippen molar-refractivity contribution in [2.45, 2.75) is 59.2 Å². The molecule has 1 aliphatic carbocycles. The highest BCUT2D eigenvalue weighted by Crippen LogP contribution is 2.35. The van der Waals surface area contributed by atoms with Gasteiger partial charge in [-0.15, -0.1) is 0 Å². The van der Waals surface area contributed by atoms with Crippen molar-refractivity contribution in [3.8, 4) is 11.5 Å². The average Bonchev–Trinajstić information content (AvgIpc) is 2.71. The van der Waals surface area contributed by atoms with Gasteiger partial charge in [-0.25, -0.2) is 4.79 Å². The van der Waals surface area contributed by atoms with Crippen molar-refractivity contribution in [2.24, 2.45) is 17.8 Å². The number of methoxy groups -OCH3 is 2. The van der Waals surface area contributed by atoms with Crippen LogP contribution in [0, 0.1) is 17.8 Å². The fraction of sp³-hybridized carbons (Fsp3) is 0.652. The summed E-state index contributed by atoms with van der Waals surface area (Å²) < 4.78 is 21.6. The minimum absolute atomic E-state index is 0.0530. The van der Waals surface area contributed by atoms with E-state index in [0.29, 0.717) is 34.9 Å². The molecule has 0 aromatic heterocycles. The van der Waals surface area contributed by atoms with Crippen LogP contribution in [0.3, 0.4) is 0 Å². The summed E-state index contributed by atoms with van der Waals surface area (Å²) in [5, 5.41) is 2.71. The normalized spacial score (nSPS) is 22.3. The van der Waals surface area contributed by atoms with Crippen LogP contribution in [-0.4, -0.2) is 44.9 Å². The molecule has 7 nitrogen and oxygen atoms in total. The number of hydrogen-bond donors (Lipinski definition) is 1. The molecule has 1 N–H and O–H groups in total. The Morgan fingerprint density at radius 2 is 1.80 bits per heavy atom. The van der Waals surface area contributed by atoms with Crippen LogP contribution in [-0.2, 0) is 19.1 Å². The predicted octanol–water partition coefficient (Wildman–Crippen LogP) is 4.05. The SMILES string of the molecule is COc1ccc(NC(=O)C(C)OC(=O)COC2CC(C)CCC2C(C)C)cc1OC. The number of benzene rings is 1. The predicted molar refractivity (Wildman–Crippen MR) is 115 cm³/mol. The number of esters is 1. The lowest BCUT2D eigenvalue weighted by molar-refractivity contribution is -0.161. The van der Waals surface area contributed by atoms with Crippen LogP contribution in [0.4, 0.5) is 5.69 Å². The van der Waals surface area contributed by atoms with E-state index in [1.165, 1.54) is 27.6 Å². The molecule has 0 bridgehead atoms. The van der Waals surface area contributed by atoms with E-state index in [4.69, 9.17) is 18.9 Å². The molecule has 1 fully saturated rings. The molecule has 4 unspecified atom stereocenters. The molecular formula is C23H35NO6. The van der Waals surface area contributed by atoms with Gasteiger partial charge in [0.15, 0.2) is 17.6 Å². The zero-order valence-electron chi connectivity index (χ0n) is 18.9. The number of rotatable bonds is 9. The molecule has 0 heterocycles. The average molecular weight is 422 g/mol. The first-order valence-electron chi connectivity index (χ1n) is 10.6. The van der Waals surface area contributed by atoms with Crippen LogP contribution >= 0.6 is 0 Å². The monoisotopic (exact) mass is 421 g/mol. The van der Waals surface area contributed by atoms with Crippen molar-refractivity contribution in [3.63, 3.8) is 0 Å². The van der Waals surface area contributed by atoms with E-state index in [2.05, 4.69) is 26.1 Å². The summed E-state index contributed by atoms with van der Waals surface area (Å²) in [6.45, 7) is 7.99. The largest absolute Gasteiger partial charge is 0.493 e. The molecule has 0 radical (unpaired) electrons. The second-order valence-electron chi connectivity index (χ2n) is 8.37. The van der Waals surface area contributed by atoms with Gasteiger partial charge in [0.1, 0.15) is 6.61 Å². The number of carbonyl (C=O) groups excluding carboxylic acids is 2. The molecule has 7 heteroatoms. The van der Waals surface area contributed by atoms with Gasteiger partial charge in [-0.3, -0.25) is 4.79 Å². The first kappa shape index (κ1) is 24.0. The van der Waals surface area contributed by atoms with Crippen LogP contribution in [0.25, 0.3) is 0 Å². The highest BCUT2D eigenvalue weighted by atomic mass is 16.6. The Hall–Kier alpha value is -2.28. The summed E-state index contributed by atoms with van der Waals surface area (Å²) in [6.07, 6.45) is 2.37. The summed E-state index contributed by atoms with van der Waals surface area (Å²) in [5.74, 6) is 1.63. The molecule has 1 aliphatic rings. The fourth-order valence-corrected chi connectivity index (χ4v) is 3.92. The van der Waals surface area contributed by atoms with E-state index in [0.717, 1.165) is 12.8 Å². The number of hydrogen-bond acceptors (Lipinski definition) is 6. The topological polar surface area (TPSA) is 83.1 Å². The standard InChI is InChI=1S/C23H35NO6/c1-14(2)18-9-7-15(3)11-20(18)29-13-22(25)30-16(4)23(26)24-17-8-10-19(27-5)21(12-17)28-6/h8,10,12,14-16,18,20H,7,9,11,13H2,1-6H3,(H,24,26). The summed E-state index contributed by atoms with van der Waals surface area (Å²) in [6, 6.07) is 5.02. The Balaban J connectivity index is 1.85. The second kappa shape index (κ2) is 11.2. The third-order valence-electron chi connectivity index (χ3n) is 5.71. The molecule has 1 amide bonds. The lowest BCUT2D eigenvalue weighted by atomic mass is 9.75. The first-order chi connectivity index (χ1) is 14.2. The zero-order chi connectivity index (χ0) is 22.3. The molecule has 0 aliphatic heterocycles. The van der Waals surface area contributed by atoms with E-state index in [1.54, 1.807) is 18.2 Å². The third-order valence-corrected chi connectivity index (χ3v) is 5.71. The Morgan fingerprint density at radius 1 is 1.10 bits per heavy atom. The van der Waals surface area contributed by atoms with Crippen LogP contribution in [0.15, 0.2) is 18.2 Å². The quantitative estimate of drug-likeness (QED) is 0.606. The highest BCUT2D eigenvalue weighted by molar-refractivity contribution is 5.95. The molecule has 1 aromatic rings. The van der Waals surface area contributed by atoms with Gasteiger partial charge in [0.05, 0.1) is 20.3 Å². The Bertz CT molecular complexity index is 720. The fourth-order valence-electron chi connectivity index (χ4n) is 3.92. The number of ether oxygens (including phenoxy) is 4. The minimum atomic E-state index is -0.944. The molecule has 0 saturated heterocycles. The number of amides is 1. The van der Waals surface area contributed by atoms with Gasteiger partial charge in [-0.05, 0) is 49.7 Å². The van der Waals surface area contributed by atoms with E-state index in [-0.39, 0.29) is 12.7 Å². The molecule has 168 valence electrons. The van der Waals surface area contributed by atoms with Crippen LogP contribution in [0.5, 0.6) is 11.5 Å². The van der Waals surface area contributed by atoms with Gasteiger partial charge in [-0.1, -0.05) is 27.2 Å². The van der Waals surface area contributed by atoms with Crippen LogP contribution < -0.4 is 14.8 Å². The highest BCUT2D eigenvalue weighted by Gasteiger charge is 2.32. The Kier molecular flexibility index (Phi) is 8.96. The molecule has 30 heavy (non-hydrogen) atoms.